The van der Waals surface area contributed by atoms with E-state index in [4.69, 9.17) is 0 Å². The Bertz CT molecular complexity index is 618. The first kappa shape index (κ1) is 14.5. The van der Waals surface area contributed by atoms with Gasteiger partial charge in [-0.05, 0) is 53.1 Å². The van der Waals surface area contributed by atoms with E-state index in [1.165, 1.54) is 26.8 Å². The van der Waals surface area contributed by atoms with Gasteiger partial charge in [0.15, 0.2) is 0 Å². The van der Waals surface area contributed by atoms with Crippen molar-refractivity contribution >= 4 is 22.9 Å². The number of benzene rings is 2. The molecule has 0 heteroatoms. The van der Waals surface area contributed by atoms with E-state index < -0.39 is 0 Å². The highest BCUT2D eigenvalue weighted by molar-refractivity contribution is 5.86. The molecule has 0 spiro atoms. The van der Waals surface area contributed by atoms with E-state index in [-0.39, 0.29) is 0 Å². The maximum Gasteiger partial charge on any atom is -0.0146 e. The minimum Gasteiger partial charge on any atom is -0.0798 e. The van der Waals surface area contributed by atoms with Crippen molar-refractivity contribution in [2.45, 2.75) is 41.0 Å². The summed E-state index contributed by atoms with van der Waals surface area (Å²) >= 11 is 0. The summed E-state index contributed by atoms with van der Waals surface area (Å²) in [4.78, 5) is 0. The number of fused-ring (bicyclic) bond motifs is 1. The zero-order valence-electron chi connectivity index (χ0n) is 12.2. The van der Waals surface area contributed by atoms with E-state index in [0.29, 0.717) is 0 Å². The minimum atomic E-state index is 1.09. The van der Waals surface area contributed by atoms with E-state index in [0.717, 1.165) is 6.42 Å². The summed E-state index contributed by atoms with van der Waals surface area (Å²) in [6.07, 6.45) is 5.50. The molecule has 2 rings (SSSR count). The van der Waals surface area contributed by atoms with Gasteiger partial charge in [-0.2, -0.15) is 0 Å². The van der Waals surface area contributed by atoms with Crippen LogP contribution in [0.15, 0.2) is 30.3 Å². The van der Waals surface area contributed by atoms with Crippen LogP contribution in [-0.2, 0) is 6.42 Å². The summed E-state index contributed by atoms with van der Waals surface area (Å²) in [7, 11) is 0. The smallest absolute Gasteiger partial charge is 0.0146 e. The maximum atomic E-state index is 2.28. The molecule has 0 aliphatic rings. The largest absolute Gasteiger partial charge is 0.0798 e. The fraction of sp³-hybridized carbons (Fsp3) is 0.333. The molecule has 0 heterocycles. The molecule has 0 unspecified atom stereocenters. The Balaban J connectivity index is 0.000000771. The van der Waals surface area contributed by atoms with E-state index in [9.17, 15) is 0 Å². The van der Waals surface area contributed by atoms with Gasteiger partial charge >= 0.3 is 0 Å². The average Bonchev–Trinajstić information content (AvgIpc) is 2.46. The molecule has 0 saturated heterocycles. The zero-order valence-corrected chi connectivity index (χ0v) is 12.2. The SMILES string of the molecule is C/C=c1/cc2ccccc2c(CC)/c1=C/C.CC. The molecule has 18 heavy (non-hydrogen) atoms. The topological polar surface area (TPSA) is 0 Å². The third kappa shape index (κ3) is 2.64. The van der Waals surface area contributed by atoms with Crippen LogP contribution in [0.3, 0.4) is 0 Å². The first-order valence-electron chi connectivity index (χ1n) is 6.95. The second-order valence-electron chi connectivity index (χ2n) is 4.01. The van der Waals surface area contributed by atoms with E-state index in [1.807, 2.05) is 13.8 Å². The van der Waals surface area contributed by atoms with Crippen LogP contribution in [-0.4, -0.2) is 0 Å². The molecule has 0 amide bonds. The molecule has 0 atom stereocenters. The molecular weight excluding hydrogens is 216 g/mol. The lowest BCUT2D eigenvalue weighted by atomic mass is 9.98. The molecule has 0 fully saturated rings. The van der Waals surface area contributed by atoms with Crippen molar-refractivity contribution in [2.24, 2.45) is 0 Å². The molecule has 0 saturated carbocycles. The van der Waals surface area contributed by atoms with Gasteiger partial charge in [-0.3, -0.25) is 0 Å². The quantitative estimate of drug-likeness (QED) is 0.706. The normalized spacial score (nSPS) is 12.5. The van der Waals surface area contributed by atoms with E-state index in [1.54, 1.807) is 0 Å². The van der Waals surface area contributed by atoms with Crippen molar-refractivity contribution in [1.29, 1.82) is 0 Å². The standard InChI is InChI=1S/C16H18.C2H6/c1-4-12-11-13-9-7-8-10-16(13)15(6-3)14(12)5-2;1-2/h4-5,7-11H,6H2,1-3H3;1-2H3/b12-4-,14-5+;. The highest BCUT2D eigenvalue weighted by atomic mass is 14.1. The Kier molecular flexibility index (Phi) is 5.64. The number of rotatable bonds is 1. The molecule has 0 bridgehead atoms. The zero-order chi connectivity index (χ0) is 13.5. The second kappa shape index (κ2) is 7.00. The van der Waals surface area contributed by atoms with Crippen molar-refractivity contribution in [3.63, 3.8) is 0 Å². The van der Waals surface area contributed by atoms with Gasteiger partial charge in [0.25, 0.3) is 0 Å². The summed E-state index contributed by atoms with van der Waals surface area (Å²) in [5.74, 6) is 0. The minimum absolute atomic E-state index is 1.09. The summed E-state index contributed by atoms with van der Waals surface area (Å²) < 4.78 is 0. The Labute approximate surface area is 111 Å². The van der Waals surface area contributed by atoms with Crippen LogP contribution in [0.5, 0.6) is 0 Å². The van der Waals surface area contributed by atoms with E-state index in [2.05, 4.69) is 63.3 Å². The van der Waals surface area contributed by atoms with Crippen LogP contribution in [0.25, 0.3) is 22.9 Å². The van der Waals surface area contributed by atoms with Gasteiger partial charge in [-0.1, -0.05) is 57.2 Å². The van der Waals surface area contributed by atoms with Crippen molar-refractivity contribution in [3.05, 3.63) is 46.3 Å². The lowest BCUT2D eigenvalue weighted by molar-refractivity contribution is 1.13. The summed E-state index contributed by atoms with van der Waals surface area (Å²) in [6.45, 7) is 10.5. The molecule has 96 valence electrons. The van der Waals surface area contributed by atoms with Crippen LogP contribution in [0, 0.1) is 0 Å². The Morgan fingerprint density at radius 2 is 1.67 bits per heavy atom. The third-order valence-corrected chi connectivity index (χ3v) is 3.19. The summed E-state index contributed by atoms with van der Waals surface area (Å²) in [5.41, 5.74) is 1.47. The molecule has 0 aromatic heterocycles. The average molecular weight is 240 g/mol. The van der Waals surface area contributed by atoms with Crippen molar-refractivity contribution in [3.8, 4) is 0 Å². The van der Waals surface area contributed by atoms with Crippen LogP contribution in [0.4, 0.5) is 0 Å². The second-order valence-corrected chi connectivity index (χ2v) is 4.01. The van der Waals surface area contributed by atoms with Crippen molar-refractivity contribution in [1.82, 2.24) is 0 Å². The molecule has 0 N–H and O–H groups in total. The third-order valence-electron chi connectivity index (χ3n) is 3.19. The van der Waals surface area contributed by atoms with Crippen LogP contribution in [0.2, 0.25) is 0 Å². The number of hydrogen-bond donors (Lipinski definition) is 0. The number of aryl methyl sites for hydroxylation is 1. The predicted octanol–water partition coefficient (Wildman–Crippen LogP) is 4.03. The molecular formula is C18H24. The molecule has 2 aromatic carbocycles. The molecule has 0 aliphatic carbocycles. The van der Waals surface area contributed by atoms with E-state index >= 15 is 0 Å². The Hall–Kier alpha value is -1.56. The maximum absolute atomic E-state index is 2.28. The first-order chi connectivity index (χ1) is 8.81. The first-order valence-corrected chi connectivity index (χ1v) is 6.95. The lowest BCUT2D eigenvalue weighted by Gasteiger charge is -2.06. The van der Waals surface area contributed by atoms with Crippen LogP contribution >= 0.6 is 0 Å². The van der Waals surface area contributed by atoms with Gasteiger partial charge in [-0.25, -0.2) is 0 Å². The molecule has 0 aliphatic heterocycles. The monoisotopic (exact) mass is 240 g/mol. The summed E-state index contributed by atoms with van der Waals surface area (Å²) in [6, 6.07) is 10.9. The van der Waals surface area contributed by atoms with Gasteiger partial charge in [0, 0.05) is 0 Å². The highest BCUT2D eigenvalue weighted by Gasteiger charge is 2.01. The number of hydrogen-bond acceptors (Lipinski definition) is 0. The highest BCUT2D eigenvalue weighted by Crippen LogP contribution is 2.14. The van der Waals surface area contributed by atoms with Gasteiger partial charge in [-0.15, -0.1) is 0 Å². The molecule has 2 aromatic rings. The van der Waals surface area contributed by atoms with Gasteiger partial charge < -0.3 is 0 Å². The van der Waals surface area contributed by atoms with Gasteiger partial charge in [0.05, 0.1) is 0 Å². The fourth-order valence-corrected chi connectivity index (χ4v) is 2.42. The van der Waals surface area contributed by atoms with Gasteiger partial charge in [0.2, 0.25) is 0 Å². The molecule has 0 radical (unpaired) electrons. The Morgan fingerprint density at radius 1 is 1.00 bits per heavy atom. The summed E-state index contributed by atoms with van der Waals surface area (Å²) in [5, 5.41) is 5.48. The van der Waals surface area contributed by atoms with Crippen LogP contribution in [0.1, 0.15) is 40.2 Å². The predicted molar refractivity (Wildman–Crippen MR) is 84.2 cm³/mol. The Morgan fingerprint density at radius 3 is 2.22 bits per heavy atom. The van der Waals surface area contributed by atoms with Crippen molar-refractivity contribution < 1.29 is 0 Å². The van der Waals surface area contributed by atoms with Crippen LogP contribution < -0.4 is 10.4 Å². The van der Waals surface area contributed by atoms with Crippen molar-refractivity contribution in [2.75, 3.05) is 0 Å². The lowest BCUT2D eigenvalue weighted by Crippen LogP contribution is -2.28. The molecule has 0 nitrogen and oxygen atoms in total. The fourth-order valence-electron chi connectivity index (χ4n) is 2.42. The van der Waals surface area contributed by atoms with Gasteiger partial charge in [0.1, 0.15) is 0 Å².